The van der Waals surface area contributed by atoms with Crippen molar-refractivity contribution in [3.05, 3.63) is 45.5 Å². The first kappa shape index (κ1) is 26.0. The Bertz CT molecular complexity index is 1050. The molecule has 0 aliphatic carbocycles. The van der Waals surface area contributed by atoms with Crippen molar-refractivity contribution in [3.8, 4) is 22.6 Å². The number of carbonyl (C=O) groups excluding carboxylic acids is 1. The van der Waals surface area contributed by atoms with Crippen LogP contribution in [0, 0.1) is 33.1 Å². The van der Waals surface area contributed by atoms with Crippen LogP contribution in [-0.2, 0) is 15.6 Å². The van der Waals surface area contributed by atoms with E-state index >= 15 is 0 Å². The average molecular weight is 439 g/mol. The minimum Gasteiger partial charge on any atom is -0.507 e. The summed E-state index contributed by atoms with van der Waals surface area (Å²) in [5.41, 5.74) is 6.53. The van der Waals surface area contributed by atoms with Gasteiger partial charge in [0, 0.05) is 22.3 Å². The molecule has 2 aromatic rings. The van der Waals surface area contributed by atoms with Gasteiger partial charge in [-0.2, -0.15) is 0 Å². The van der Waals surface area contributed by atoms with Gasteiger partial charge in [-0.3, -0.25) is 4.79 Å². The number of phenolic OH excluding ortho intramolecular Hbond substituents is 1. The summed E-state index contributed by atoms with van der Waals surface area (Å²) in [6.07, 6.45) is 0. The van der Waals surface area contributed by atoms with E-state index in [9.17, 15) is 9.90 Å². The van der Waals surface area contributed by atoms with Crippen molar-refractivity contribution in [1.82, 2.24) is 0 Å². The summed E-state index contributed by atoms with van der Waals surface area (Å²) in [6, 6.07) is 4.20. The zero-order valence-electron chi connectivity index (χ0n) is 22.4. The Morgan fingerprint density at radius 2 is 1.12 bits per heavy atom. The number of aromatic hydroxyl groups is 1. The second kappa shape index (κ2) is 8.24. The number of hydrogen-bond acceptors (Lipinski definition) is 3. The highest BCUT2D eigenvalue weighted by atomic mass is 16.5. The lowest BCUT2D eigenvalue weighted by atomic mass is 9.77. The number of phenols is 1. The molecule has 0 spiro atoms. The fourth-order valence-electron chi connectivity index (χ4n) is 3.88. The molecule has 2 aromatic carbocycles. The predicted octanol–water partition coefficient (Wildman–Crippen LogP) is 7.84. The first-order valence-electron chi connectivity index (χ1n) is 11.5. The number of esters is 1. The second-order valence-corrected chi connectivity index (χ2v) is 12.3. The summed E-state index contributed by atoms with van der Waals surface area (Å²) in [4.78, 5) is 13.1. The van der Waals surface area contributed by atoms with Crippen LogP contribution in [-0.4, -0.2) is 11.1 Å². The molecule has 176 valence electrons. The Morgan fingerprint density at radius 3 is 1.53 bits per heavy atom. The van der Waals surface area contributed by atoms with Gasteiger partial charge in [0.15, 0.2) is 0 Å². The van der Waals surface area contributed by atoms with E-state index in [2.05, 4.69) is 67.5 Å². The average Bonchev–Trinajstić information content (AvgIpc) is 2.60. The largest absolute Gasteiger partial charge is 0.507 e. The Labute approximate surface area is 195 Å². The lowest BCUT2D eigenvalue weighted by Gasteiger charge is -2.30. The first-order valence-corrected chi connectivity index (χ1v) is 11.5. The lowest BCUT2D eigenvalue weighted by molar-refractivity contribution is -0.143. The SMILES string of the molecule is Cc1cc(C(C)(C)C)c(O)c(-c2c(C)c(C)cc(C(C)(C)C)c2OC(=O)C(C)(C)C)c1C. The van der Waals surface area contributed by atoms with Gasteiger partial charge in [-0.1, -0.05) is 53.7 Å². The number of rotatable bonds is 2. The molecule has 3 nitrogen and oxygen atoms in total. The molecule has 0 amide bonds. The van der Waals surface area contributed by atoms with Crippen LogP contribution >= 0.6 is 0 Å². The fourth-order valence-corrected chi connectivity index (χ4v) is 3.88. The van der Waals surface area contributed by atoms with Crippen LogP contribution in [0.2, 0.25) is 0 Å². The molecule has 0 saturated heterocycles. The number of aryl methyl sites for hydroxylation is 2. The van der Waals surface area contributed by atoms with E-state index in [1.807, 2.05) is 34.6 Å². The van der Waals surface area contributed by atoms with E-state index in [-0.39, 0.29) is 22.5 Å². The second-order valence-electron chi connectivity index (χ2n) is 12.3. The van der Waals surface area contributed by atoms with Gasteiger partial charge >= 0.3 is 5.97 Å². The molecule has 0 aromatic heterocycles. The molecule has 2 rings (SSSR count). The Hall–Kier alpha value is -2.29. The molecule has 32 heavy (non-hydrogen) atoms. The van der Waals surface area contributed by atoms with E-state index in [0.717, 1.165) is 44.5 Å². The third kappa shape index (κ3) is 4.87. The highest BCUT2D eigenvalue weighted by Crippen LogP contribution is 2.50. The topological polar surface area (TPSA) is 46.5 Å². The summed E-state index contributed by atoms with van der Waals surface area (Å²) in [6.45, 7) is 26.5. The van der Waals surface area contributed by atoms with Gasteiger partial charge in [-0.05, 0) is 81.5 Å². The quantitative estimate of drug-likeness (QED) is 0.384. The monoisotopic (exact) mass is 438 g/mol. The van der Waals surface area contributed by atoms with E-state index in [1.54, 1.807) is 0 Å². The normalized spacial score (nSPS) is 12.8. The van der Waals surface area contributed by atoms with Gasteiger partial charge in [-0.25, -0.2) is 0 Å². The van der Waals surface area contributed by atoms with E-state index < -0.39 is 5.41 Å². The molecule has 0 aliphatic heterocycles. The Kier molecular flexibility index (Phi) is 6.69. The van der Waals surface area contributed by atoms with E-state index in [1.165, 1.54) is 0 Å². The standard InChI is InChI=1S/C29H42O3/c1-16-14-20(27(5,6)7)24(30)22(18(16)3)23-19(4)17(2)15-21(28(8,9)10)25(23)32-26(31)29(11,12)13/h14-15,30H,1-13H3. The van der Waals surface area contributed by atoms with Crippen LogP contribution in [0.25, 0.3) is 11.1 Å². The summed E-state index contributed by atoms with van der Waals surface area (Å²) in [7, 11) is 0. The van der Waals surface area contributed by atoms with Gasteiger partial charge < -0.3 is 9.84 Å². The molecule has 0 heterocycles. The maximum absolute atomic E-state index is 13.1. The molecule has 0 fully saturated rings. The zero-order valence-corrected chi connectivity index (χ0v) is 22.4. The molecular formula is C29H42O3. The zero-order chi connectivity index (χ0) is 25.0. The summed E-state index contributed by atoms with van der Waals surface area (Å²) < 4.78 is 6.18. The highest BCUT2D eigenvalue weighted by molar-refractivity contribution is 5.88. The molecule has 0 unspecified atom stereocenters. The number of ether oxygens (including phenoxy) is 1. The molecule has 1 N–H and O–H groups in total. The highest BCUT2D eigenvalue weighted by Gasteiger charge is 2.33. The van der Waals surface area contributed by atoms with Crippen LogP contribution < -0.4 is 4.74 Å². The maximum Gasteiger partial charge on any atom is 0.316 e. The van der Waals surface area contributed by atoms with Gasteiger partial charge in [0.25, 0.3) is 0 Å². The van der Waals surface area contributed by atoms with Crippen LogP contribution in [0.15, 0.2) is 12.1 Å². The molecular weight excluding hydrogens is 396 g/mol. The minimum atomic E-state index is -0.647. The number of hydrogen-bond donors (Lipinski definition) is 1. The molecule has 0 atom stereocenters. The lowest BCUT2D eigenvalue weighted by Crippen LogP contribution is -2.27. The van der Waals surface area contributed by atoms with Gasteiger partial charge in [0.05, 0.1) is 5.41 Å². The number of carbonyl (C=O) groups is 1. The fraction of sp³-hybridized carbons (Fsp3) is 0.552. The molecule has 0 radical (unpaired) electrons. The maximum atomic E-state index is 13.1. The molecule has 0 saturated carbocycles. The van der Waals surface area contributed by atoms with Crippen LogP contribution in [0.4, 0.5) is 0 Å². The summed E-state index contributed by atoms with van der Waals surface area (Å²) >= 11 is 0. The predicted molar refractivity (Wildman–Crippen MR) is 135 cm³/mol. The van der Waals surface area contributed by atoms with Crippen molar-refractivity contribution in [3.63, 3.8) is 0 Å². The molecule has 3 heteroatoms. The van der Waals surface area contributed by atoms with Gasteiger partial charge in [0.1, 0.15) is 11.5 Å². The van der Waals surface area contributed by atoms with E-state index in [0.29, 0.717) is 5.75 Å². The number of benzene rings is 2. The van der Waals surface area contributed by atoms with Crippen LogP contribution in [0.3, 0.4) is 0 Å². The minimum absolute atomic E-state index is 0.232. The van der Waals surface area contributed by atoms with E-state index in [4.69, 9.17) is 4.74 Å². The molecule has 0 bridgehead atoms. The van der Waals surface area contributed by atoms with Crippen LogP contribution in [0.1, 0.15) is 95.7 Å². The Morgan fingerprint density at radius 1 is 0.719 bits per heavy atom. The van der Waals surface area contributed by atoms with Crippen molar-refractivity contribution >= 4 is 5.97 Å². The third-order valence-electron chi connectivity index (χ3n) is 6.29. The van der Waals surface area contributed by atoms with Gasteiger partial charge in [-0.15, -0.1) is 0 Å². The smallest absolute Gasteiger partial charge is 0.316 e. The van der Waals surface area contributed by atoms with Crippen molar-refractivity contribution in [1.29, 1.82) is 0 Å². The summed E-state index contributed by atoms with van der Waals surface area (Å²) in [5.74, 6) is 0.542. The van der Waals surface area contributed by atoms with Crippen molar-refractivity contribution < 1.29 is 14.6 Å². The summed E-state index contributed by atoms with van der Waals surface area (Å²) in [5, 5.41) is 11.6. The van der Waals surface area contributed by atoms with Crippen LogP contribution in [0.5, 0.6) is 11.5 Å². The van der Waals surface area contributed by atoms with Gasteiger partial charge in [0.2, 0.25) is 0 Å². The molecule has 0 aliphatic rings. The Balaban J connectivity index is 3.10. The first-order chi connectivity index (χ1) is 14.3. The van der Waals surface area contributed by atoms with Crippen molar-refractivity contribution in [2.45, 2.75) is 101 Å². The third-order valence-corrected chi connectivity index (χ3v) is 6.29. The van der Waals surface area contributed by atoms with Crippen molar-refractivity contribution in [2.24, 2.45) is 5.41 Å². The van der Waals surface area contributed by atoms with Crippen molar-refractivity contribution in [2.75, 3.05) is 0 Å².